The van der Waals surface area contributed by atoms with Crippen molar-refractivity contribution in [3.63, 3.8) is 0 Å². The molecule has 0 aromatic carbocycles. The first-order chi connectivity index (χ1) is 10.6. The van der Waals surface area contributed by atoms with Crippen LogP contribution in [0.1, 0.15) is 46.8 Å². The van der Waals surface area contributed by atoms with Crippen LogP contribution in [0.4, 0.5) is 0 Å². The number of rotatable bonds is 5. The van der Waals surface area contributed by atoms with E-state index in [4.69, 9.17) is 16.2 Å². The van der Waals surface area contributed by atoms with Crippen LogP contribution in [0.3, 0.4) is 0 Å². The number of H-pyrrole nitrogens is 1. The number of hydrogen-bond donors (Lipinski definition) is 6. The second-order valence-electron chi connectivity index (χ2n) is 5.80. The fraction of sp³-hybridized carbons (Fsp3) is 0.615. The number of primary amides is 2. The first kappa shape index (κ1) is 17.3. The number of ether oxygens (including phenoxy) is 1. The van der Waals surface area contributed by atoms with Gasteiger partial charge in [-0.05, 0) is 5.92 Å². The van der Waals surface area contributed by atoms with Crippen LogP contribution < -0.4 is 11.5 Å². The van der Waals surface area contributed by atoms with Crippen molar-refractivity contribution in [3.8, 4) is 0 Å². The average Bonchev–Trinajstić information content (AvgIpc) is 3.01. The Hall–Kier alpha value is -2.01. The minimum atomic E-state index is -1.80. The van der Waals surface area contributed by atoms with Crippen LogP contribution in [0.25, 0.3) is 0 Å². The van der Waals surface area contributed by atoms with Crippen molar-refractivity contribution in [2.45, 2.75) is 37.8 Å². The second-order valence-corrected chi connectivity index (χ2v) is 5.80. The molecule has 4 atom stereocenters. The molecule has 1 aromatic rings. The van der Waals surface area contributed by atoms with Crippen LogP contribution in [0.2, 0.25) is 0 Å². The molecule has 0 saturated carbocycles. The van der Waals surface area contributed by atoms with E-state index in [0.717, 1.165) is 0 Å². The number of imidazole rings is 1. The lowest BCUT2D eigenvalue weighted by Gasteiger charge is -2.34. The molecular formula is C13H20N4O6. The summed E-state index contributed by atoms with van der Waals surface area (Å²) in [6.45, 7) is 2.76. The van der Waals surface area contributed by atoms with Gasteiger partial charge in [0.2, 0.25) is 0 Å². The Morgan fingerprint density at radius 1 is 1.39 bits per heavy atom. The number of aromatic amines is 1. The summed E-state index contributed by atoms with van der Waals surface area (Å²) in [6.07, 6.45) is -3.65. The van der Waals surface area contributed by atoms with Gasteiger partial charge in [-0.2, -0.15) is 0 Å². The Labute approximate surface area is 131 Å². The molecular weight excluding hydrogens is 308 g/mol. The molecule has 2 amide bonds. The molecule has 8 N–H and O–H groups in total. The highest BCUT2D eigenvalue weighted by Gasteiger charge is 2.58. The number of aliphatic hydroxyl groups excluding tert-OH is 2. The van der Waals surface area contributed by atoms with Crippen LogP contribution in [-0.4, -0.2) is 61.5 Å². The molecule has 1 aromatic heterocycles. The molecule has 1 fully saturated rings. The number of amides is 2. The Balaban J connectivity index is 2.53. The molecule has 1 aliphatic rings. The fourth-order valence-electron chi connectivity index (χ4n) is 2.75. The van der Waals surface area contributed by atoms with E-state index in [0.29, 0.717) is 0 Å². The van der Waals surface area contributed by atoms with Crippen LogP contribution in [0.15, 0.2) is 0 Å². The Morgan fingerprint density at radius 2 is 2.00 bits per heavy atom. The highest BCUT2D eigenvalue weighted by Crippen LogP contribution is 2.45. The van der Waals surface area contributed by atoms with E-state index in [-0.39, 0.29) is 17.2 Å². The van der Waals surface area contributed by atoms with Crippen molar-refractivity contribution in [2.75, 3.05) is 6.61 Å². The van der Waals surface area contributed by atoms with E-state index in [1.165, 1.54) is 0 Å². The molecule has 0 unspecified atom stereocenters. The third-order valence-electron chi connectivity index (χ3n) is 4.11. The molecule has 2 rings (SSSR count). The summed E-state index contributed by atoms with van der Waals surface area (Å²) in [5.41, 5.74) is 7.82. The molecule has 0 bridgehead atoms. The standard InChI is InChI=1S/C13H20N4O6/c1-4(2)13(22)8(19)5(3-18)23-9(13)12-16-6(10(14)20)7(17-12)11(15)21/h4-5,8-9,18-19,22H,3H2,1-2H3,(H2,14,20)(H2,15,21)(H,16,17)/t5-,8-,9+,13-/m1/s1. The summed E-state index contributed by atoms with van der Waals surface area (Å²) < 4.78 is 5.47. The van der Waals surface area contributed by atoms with Gasteiger partial charge in [-0.3, -0.25) is 9.59 Å². The van der Waals surface area contributed by atoms with Crippen molar-refractivity contribution in [1.29, 1.82) is 0 Å². The number of carbonyl (C=O) groups is 2. The summed E-state index contributed by atoms with van der Waals surface area (Å²) in [5, 5.41) is 30.4. The lowest BCUT2D eigenvalue weighted by molar-refractivity contribution is -0.113. The monoisotopic (exact) mass is 328 g/mol. The smallest absolute Gasteiger partial charge is 0.269 e. The second kappa shape index (κ2) is 5.89. The zero-order chi connectivity index (χ0) is 17.5. The van der Waals surface area contributed by atoms with Crippen molar-refractivity contribution in [2.24, 2.45) is 17.4 Å². The zero-order valence-corrected chi connectivity index (χ0v) is 12.7. The lowest BCUT2D eigenvalue weighted by Crippen LogP contribution is -2.50. The third kappa shape index (κ3) is 2.59. The number of aliphatic hydroxyl groups is 3. The molecule has 10 heteroatoms. The molecule has 0 aliphatic carbocycles. The number of nitrogens with two attached hydrogens (primary N) is 2. The van der Waals surface area contributed by atoms with Gasteiger partial charge in [0.25, 0.3) is 11.8 Å². The van der Waals surface area contributed by atoms with Crippen LogP contribution in [0.5, 0.6) is 0 Å². The van der Waals surface area contributed by atoms with Gasteiger partial charge in [-0.15, -0.1) is 0 Å². The average molecular weight is 328 g/mol. The van der Waals surface area contributed by atoms with Gasteiger partial charge in [-0.25, -0.2) is 4.98 Å². The van der Waals surface area contributed by atoms with E-state index in [1.54, 1.807) is 13.8 Å². The van der Waals surface area contributed by atoms with E-state index in [9.17, 15) is 24.9 Å². The predicted molar refractivity (Wildman–Crippen MR) is 76.1 cm³/mol. The number of carbonyl (C=O) groups excluding carboxylic acids is 2. The number of hydrogen-bond acceptors (Lipinski definition) is 7. The normalized spacial score (nSPS) is 30.8. The predicted octanol–water partition coefficient (Wildman–Crippen LogP) is -2.21. The van der Waals surface area contributed by atoms with Crippen molar-refractivity contribution < 1.29 is 29.6 Å². The summed E-state index contributed by atoms with van der Waals surface area (Å²) in [6, 6.07) is 0. The maximum absolute atomic E-state index is 11.4. The van der Waals surface area contributed by atoms with Crippen LogP contribution in [0, 0.1) is 5.92 Å². The topological polar surface area (TPSA) is 185 Å². The van der Waals surface area contributed by atoms with E-state index in [1.807, 2.05) is 0 Å². The Kier molecular flexibility index (Phi) is 4.44. The van der Waals surface area contributed by atoms with E-state index < -0.39 is 48.3 Å². The zero-order valence-electron chi connectivity index (χ0n) is 12.7. The molecule has 0 spiro atoms. The van der Waals surface area contributed by atoms with Crippen LogP contribution >= 0.6 is 0 Å². The van der Waals surface area contributed by atoms with Crippen LogP contribution in [-0.2, 0) is 4.74 Å². The van der Waals surface area contributed by atoms with Gasteiger partial charge in [-0.1, -0.05) is 13.8 Å². The van der Waals surface area contributed by atoms with Gasteiger partial charge < -0.3 is 36.5 Å². The summed E-state index contributed by atoms with van der Waals surface area (Å²) in [7, 11) is 0. The lowest BCUT2D eigenvalue weighted by atomic mass is 9.80. The van der Waals surface area contributed by atoms with Gasteiger partial charge >= 0.3 is 0 Å². The largest absolute Gasteiger partial charge is 0.394 e. The van der Waals surface area contributed by atoms with Gasteiger partial charge in [0.05, 0.1) is 6.61 Å². The molecule has 1 saturated heterocycles. The molecule has 1 aliphatic heterocycles. The van der Waals surface area contributed by atoms with E-state index >= 15 is 0 Å². The van der Waals surface area contributed by atoms with Gasteiger partial charge in [0.1, 0.15) is 35.4 Å². The minimum absolute atomic E-state index is 0.0844. The number of nitrogens with one attached hydrogen (secondary N) is 1. The van der Waals surface area contributed by atoms with Gasteiger partial charge in [0.15, 0.2) is 5.69 Å². The summed E-state index contributed by atoms with van der Waals surface area (Å²) in [4.78, 5) is 29.2. The molecule has 128 valence electrons. The van der Waals surface area contributed by atoms with Gasteiger partial charge in [0, 0.05) is 0 Å². The number of nitrogens with zero attached hydrogens (tertiary/aromatic N) is 1. The molecule has 0 radical (unpaired) electrons. The Morgan fingerprint density at radius 3 is 2.39 bits per heavy atom. The maximum Gasteiger partial charge on any atom is 0.269 e. The third-order valence-corrected chi connectivity index (χ3v) is 4.11. The first-order valence-electron chi connectivity index (χ1n) is 7.00. The SMILES string of the molecule is CC(C)[C@@]1(O)[C@H](O)[C@@H](CO)O[C@H]1c1nc(C(N)=O)c(C(N)=O)[nH]1. The highest BCUT2D eigenvalue weighted by atomic mass is 16.6. The summed E-state index contributed by atoms with van der Waals surface area (Å²) >= 11 is 0. The first-order valence-corrected chi connectivity index (χ1v) is 7.00. The quantitative estimate of drug-likeness (QED) is 0.353. The highest BCUT2D eigenvalue weighted by molar-refractivity contribution is 6.03. The van der Waals surface area contributed by atoms with E-state index in [2.05, 4.69) is 9.97 Å². The molecule has 2 heterocycles. The maximum atomic E-state index is 11.4. The fourth-order valence-corrected chi connectivity index (χ4v) is 2.75. The van der Waals surface area contributed by atoms with Crippen molar-refractivity contribution in [3.05, 3.63) is 17.2 Å². The Bertz CT molecular complexity index is 598. The summed E-state index contributed by atoms with van der Waals surface area (Å²) in [5.74, 6) is -2.51. The minimum Gasteiger partial charge on any atom is -0.394 e. The van der Waals surface area contributed by atoms with Crippen molar-refractivity contribution >= 4 is 11.8 Å². The number of aromatic nitrogens is 2. The van der Waals surface area contributed by atoms with Crippen molar-refractivity contribution in [1.82, 2.24) is 9.97 Å². The molecule has 10 nitrogen and oxygen atoms in total. The molecule has 23 heavy (non-hydrogen) atoms.